The van der Waals surface area contributed by atoms with E-state index in [1.807, 2.05) is 4.57 Å². The van der Waals surface area contributed by atoms with Crippen LogP contribution in [0, 0.1) is 11.3 Å². The van der Waals surface area contributed by atoms with Crippen LogP contribution in [0.25, 0.3) is 11.0 Å². The minimum Gasteiger partial charge on any atom is -0.467 e. The molecule has 3 aromatic rings. The van der Waals surface area contributed by atoms with Gasteiger partial charge in [-0.25, -0.2) is 4.98 Å². The molecule has 13 heteroatoms. The maximum atomic E-state index is 9.64. The Labute approximate surface area is 188 Å². The second-order valence-electron chi connectivity index (χ2n) is 7.91. The highest BCUT2D eigenvalue weighted by Crippen LogP contribution is 2.31. The molecule has 3 aromatic heterocycles. The van der Waals surface area contributed by atoms with Crippen LogP contribution >= 0.6 is 0 Å². The van der Waals surface area contributed by atoms with Gasteiger partial charge in [-0.3, -0.25) is 4.68 Å². The first-order valence-corrected chi connectivity index (χ1v) is 10.3. The largest absolute Gasteiger partial charge is 0.467 e. The van der Waals surface area contributed by atoms with Crippen LogP contribution in [0.4, 0.5) is 11.6 Å². The number of ether oxygens (including phenoxy) is 3. The van der Waals surface area contributed by atoms with E-state index in [2.05, 4.69) is 26.5 Å². The van der Waals surface area contributed by atoms with E-state index in [9.17, 15) is 5.26 Å². The van der Waals surface area contributed by atoms with Gasteiger partial charge in [0.25, 0.3) is 5.88 Å². The molecule has 0 spiro atoms. The van der Waals surface area contributed by atoms with Crippen molar-refractivity contribution in [3.8, 4) is 11.9 Å². The van der Waals surface area contributed by atoms with Crippen LogP contribution in [0.2, 0.25) is 0 Å². The molecular weight excluding hydrogens is 407 g/mol. The first kappa shape index (κ1) is 20.9. The Morgan fingerprint density at radius 1 is 1.22 bits per heavy atom. The maximum Gasteiger partial charge on any atom is 0.257 e. The van der Waals surface area contributed by atoms with Crippen molar-refractivity contribution in [3.05, 3.63) is 24.2 Å². The zero-order chi connectivity index (χ0) is 22.3. The summed E-state index contributed by atoms with van der Waals surface area (Å²) in [4.78, 5) is 9.06. The lowest BCUT2D eigenvalue weighted by molar-refractivity contribution is -0.0812. The molecule has 0 aliphatic carbocycles. The van der Waals surface area contributed by atoms with E-state index in [0.29, 0.717) is 49.4 Å². The summed E-state index contributed by atoms with van der Waals surface area (Å²) in [7, 11) is 17.3. The zero-order valence-corrected chi connectivity index (χ0v) is 17.3. The lowest BCUT2D eigenvalue weighted by Gasteiger charge is -2.26. The van der Waals surface area contributed by atoms with Gasteiger partial charge in [0.1, 0.15) is 29.2 Å². The highest BCUT2D eigenvalue weighted by Gasteiger charge is 2.26. The third-order valence-corrected chi connectivity index (χ3v) is 5.46. The number of hydrogen-bond acceptors (Lipinski definition) is 8. The van der Waals surface area contributed by atoms with Crippen LogP contribution in [0.3, 0.4) is 0 Å². The number of rotatable bonds is 6. The van der Waals surface area contributed by atoms with E-state index in [-0.39, 0.29) is 18.0 Å². The Balaban J connectivity index is 1.50. The monoisotopic (exact) mass is 425 g/mol. The predicted octanol–water partition coefficient (Wildman–Crippen LogP) is 0.445. The first-order valence-electron chi connectivity index (χ1n) is 10.3. The normalized spacial score (nSPS) is 17.7. The third kappa shape index (κ3) is 3.96. The van der Waals surface area contributed by atoms with Crippen molar-refractivity contribution in [2.45, 2.75) is 30.2 Å². The standard InChI is InChI=1S/C19H18B3N7O3/c20-19(21,22)28-8-15(17(27-28)32-14-9-31-10-14)25-18-24-7-11-5-13(6-23)29(16(11)26-18)12-1-3-30-4-2-12/h5,7-8,12,14H,1-4,9-10H2,(H,24,25,26). The molecule has 0 aromatic carbocycles. The zero-order valence-electron chi connectivity index (χ0n) is 17.3. The minimum absolute atomic E-state index is 0.131. The second kappa shape index (κ2) is 8.18. The smallest absolute Gasteiger partial charge is 0.257 e. The Kier molecular flexibility index (Phi) is 5.35. The van der Waals surface area contributed by atoms with Crippen molar-refractivity contribution in [1.82, 2.24) is 24.3 Å². The summed E-state index contributed by atoms with van der Waals surface area (Å²) in [6.07, 6.45) is 4.69. The molecule has 5 rings (SSSR count). The topological polar surface area (TPSA) is 112 Å². The Morgan fingerprint density at radius 3 is 2.66 bits per heavy atom. The van der Waals surface area contributed by atoms with Crippen molar-refractivity contribution < 1.29 is 14.2 Å². The van der Waals surface area contributed by atoms with E-state index in [1.54, 1.807) is 12.3 Å². The molecule has 10 nitrogen and oxygen atoms in total. The molecule has 2 aliphatic heterocycles. The summed E-state index contributed by atoms with van der Waals surface area (Å²) >= 11 is 0. The second-order valence-corrected chi connectivity index (χ2v) is 7.91. The highest BCUT2D eigenvalue weighted by molar-refractivity contribution is 6.56. The number of aromatic nitrogens is 5. The highest BCUT2D eigenvalue weighted by atomic mass is 16.6. The molecule has 2 fully saturated rings. The van der Waals surface area contributed by atoms with Crippen molar-refractivity contribution in [2.24, 2.45) is 0 Å². The van der Waals surface area contributed by atoms with E-state index in [4.69, 9.17) is 37.7 Å². The van der Waals surface area contributed by atoms with Gasteiger partial charge in [0.2, 0.25) is 5.95 Å². The van der Waals surface area contributed by atoms with Crippen molar-refractivity contribution in [1.29, 1.82) is 5.26 Å². The average Bonchev–Trinajstić information content (AvgIpc) is 3.32. The molecule has 0 saturated carbocycles. The van der Waals surface area contributed by atoms with Crippen LogP contribution in [-0.2, 0) is 14.7 Å². The Morgan fingerprint density at radius 2 is 2.00 bits per heavy atom. The molecule has 5 heterocycles. The summed E-state index contributed by atoms with van der Waals surface area (Å²) < 4.78 is 19.6. The van der Waals surface area contributed by atoms with Gasteiger partial charge in [-0.1, -0.05) is 0 Å². The number of nitrogens with zero attached hydrogens (tertiary/aromatic N) is 6. The molecule has 156 valence electrons. The lowest BCUT2D eigenvalue weighted by atomic mass is 9.49. The van der Waals surface area contributed by atoms with Crippen LogP contribution < -0.4 is 10.1 Å². The van der Waals surface area contributed by atoms with Crippen LogP contribution in [-0.4, -0.2) is 80.4 Å². The van der Waals surface area contributed by atoms with Gasteiger partial charge >= 0.3 is 0 Å². The molecule has 1 N–H and O–H groups in total. The summed E-state index contributed by atoms with van der Waals surface area (Å²) in [6, 6.07) is 4.19. The summed E-state index contributed by atoms with van der Waals surface area (Å²) in [5.41, 5.74) is 1.66. The quantitative estimate of drug-likeness (QED) is 0.567. The number of nitriles is 1. The van der Waals surface area contributed by atoms with Crippen LogP contribution in [0.15, 0.2) is 18.5 Å². The summed E-state index contributed by atoms with van der Waals surface area (Å²) in [5, 5.41) is 16.1. The van der Waals surface area contributed by atoms with Gasteiger partial charge in [-0.05, 0) is 24.1 Å². The molecule has 0 bridgehead atoms. The maximum absolute atomic E-state index is 9.64. The van der Waals surface area contributed by atoms with E-state index >= 15 is 0 Å². The van der Waals surface area contributed by atoms with Gasteiger partial charge in [-0.2, -0.15) is 10.2 Å². The SMILES string of the molecule is [B]C([B])([B])n1cc(Nc2ncc3cc(C#N)n(C4CCOCC4)c3n2)c(OC2COC2)n1. The van der Waals surface area contributed by atoms with Crippen LogP contribution in [0.5, 0.6) is 5.88 Å². The molecule has 6 radical (unpaired) electrons. The van der Waals surface area contributed by atoms with Crippen molar-refractivity contribution >= 4 is 46.2 Å². The fourth-order valence-corrected chi connectivity index (χ4v) is 3.76. The molecule has 0 unspecified atom stereocenters. The number of fused-ring (bicyclic) bond motifs is 1. The summed E-state index contributed by atoms with van der Waals surface area (Å²) in [6.45, 7) is 2.22. The lowest BCUT2D eigenvalue weighted by Crippen LogP contribution is -2.39. The van der Waals surface area contributed by atoms with Gasteiger partial charge in [0, 0.05) is 30.8 Å². The van der Waals surface area contributed by atoms with Gasteiger partial charge in [0.05, 0.1) is 42.9 Å². The molecule has 2 saturated heterocycles. The van der Waals surface area contributed by atoms with Crippen molar-refractivity contribution in [3.63, 3.8) is 0 Å². The Bertz CT molecular complexity index is 1170. The number of hydrogen-bond donors (Lipinski definition) is 1. The van der Waals surface area contributed by atoms with E-state index in [0.717, 1.165) is 18.2 Å². The number of nitrogens with one attached hydrogen (secondary N) is 1. The van der Waals surface area contributed by atoms with Gasteiger partial charge in [-0.15, -0.1) is 5.10 Å². The molecule has 2 aliphatic rings. The van der Waals surface area contributed by atoms with Gasteiger partial charge < -0.3 is 24.1 Å². The predicted molar refractivity (Wildman–Crippen MR) is 117 cm³/mol. The third-order valence-electron chi connectivity index (χ3n) is 5.46. The Hall–Kier alpha value is -2.97. The fraction of sp³-hybridized carbons (Fsp3) is 0.474. The molecule has 0 atom stereocenters. The number of anilines is 2. The fourth-order valence-electron chi connectivity index (χ4n) is 3.76. The van der Waals surface area contributed by atoms with E-state index < -0.39 is 5.24 Å². The van der Waals surface area contributed by atoms with Gasteiger partial charge in [0.15, 0.2) is 0 Å². The van der Waals surface area contributed by atoms with E-state index in [1.165, 1.54) is 10.9 Å². The first-order chi connectivity index (χ1) is 15.4. The van der Waals surface area contributed by atoms with Crippen molar-refractivity contribution in [2.75, 3.05) is 31.7 Å². The molecule has 0 amide bonds. The minimum atomic E-state index is -1.71. The summed E-state index contributed by atoms with van der Waals surface area (Å²) in [5.74, 6) is 0.560. The molecule has 32 heavy (non-hydrogen) atoms. The van der Waals surface area contributed by atoms with Crippen LogP contribution in [0.1, 0.15) is 24.6 Å². The average molecular weight is 425 g/mol. The molecular formula is C19H18B3N7O3.